The molecule has 5 heterocycles. The number of nitrogens with zero attached hydrogens (tertiary/aromatic N) is 7. The number of rotatable bonds is 7. The number of hydrogen-bond acceptors (Lipinski definition) is 8. The third-order valence-corrected chi connectivity index (χ3v) is 6.47. The predicted molar refractivity (Wildman–Crippen MR) is 122 cm³/mol. The molecule has 11 nitrogen and oxygen atoms in total. The van der Waals surface area contributed by atoms with Crippen molar-refractivity contribution in [1.82, 2.24) is 29.0 Å². The molecule has 3 N–H and O–H groups in total. The van der Waals surface area contributed by atoms with Crippen molar-refractivity contribution in [2.75, 3.05) is 37.9 Å². The normalized spacial score (nSPS) is 19.5. The van der Waals surface area contributed by atoms with Crippen LogP contribution in [0.25, 0.3) is 5.78 Å². The lowest BCUT2D eigenvalue weighted by Gasteiger charge is -2.36. The third kappa shape index (κ3) is 3.46. The summed E-state index contributed by atoms with van der Waals surface area (Å²) in [6.45, 7) is 6.84. The summed E-state index contributed by atoms with van der Waals surface area (Å²) in [6.07, 6.45) is 5.19. The van der Waals surface area contributed by atoms with Crippen LogP contribution in [-0.2, 0) is 13.6 Å². The number of aliphatic imine (C=N–C) groups is 1. The molecule has 172 valence electrons. The van der Waals surface area contributed by atoms with Crippen LogP contribution in [0, 0.1) is 0 Å². The van der Waals surface area contributed by atoms with Crippen LogP contribution in [0.5, 0.6) is 0 Å². The predicted octanol–water partition coefficient (Wildman–Crippen LogP) is 0.380. The highest BCUT2D eigenvalue weighted by Gasteiger charge is 2.31. The Morgan fingerprint density at radius 2 is 2.22 bits per heavy atom. The molecule has 0 bridgehead atoms. The van der Waals surface area contributed by atoms with E-state index in [4.69, 9.17) is 15.2 Å². The van der Waals surface area contributed by atoms with Crippen molar-refractivity contribution in [3.8, 4) is 0 Å². The highest BCUT2D eigenvalue weighted by Crippen LogP contribution is 2.27. The van der Waals surface area contributed by atoms with Gasteiger partial charge in [-0.3, -0.25) is 19.5 Å². The maximum Gasteiger partial charge on any atom is 0.345 e. The molecule has 3 aromatic rings. The molecule has 0 radical (unpaired) electrons. The van der Waals surface area contributed by atoms with Crippen LogP contribution in [-0.4, -0.2) is 68.2 Å². The lowest BCUT2D eigenvalue weighted by molar-refractivity contribution is 0.145. The number of nitrogens with one attached hydrogen (secondary N) is 1. The fraction of sp³-hybridized carbons (Fsp3) is 0.571. The Morgan fingerprint density at radius 1 is 1.34 bits per heavy atom. The van der Waals surface area contributed by atoms with E-state index in [9.17, 15) is 4.79 Å². The van der Waals surface area contributed by atoms with Gasteiger partial charge in [-0.25, -0.2) is 19.8 Å². The molecular formula is C21H31N9O2. The zero-order valence-electron chi connectivity index (χ0n) is 18.7. The van der Waals surface area contributed by atoms with E-state index in [0.717, 1.165) is 26.2 Å². The largest absolute Gasteiger partial charge is 0.463 e. The molecule has 0 spiro atoms. The molecule has 5 rings (SSSR count). The smallest absolute Gasteiger partial charge is 0.345 e. The van der Waals surface area contributed by atoms with Crippen molar-refractivity contribution in [2.24, 2.45) is 17.9 Å². The van der Waals surface area contributed by atoms with Gasteiger partial charge in [0.1, 0.15) is 18.1 Å². The van der Waals surface area contributed by atoms with Gasteiger partial charge in [-0.05, 0) is 18.6 Å². The fourth-order valence-electron chi connectivity index (χ4n) is 4.74. The molecule has 0 aromatic carbocycles. The molecule has 0 amide bonds. The van der Waals surface area contributed by atoms with Gasteiger partial charge in [0.2, 0.25) is 5.78 Å². The van der Waals surface area contributed by atoms with Crippen LogP contribution in [0.4, 0.5) is 5.82 Å². The first-order valence-corrected chi connectivity index (χ1v) is 11.3. The number of aryl methyl sites for hydroxylation is 1. The molecule has 32 heavy (non-hydrogen) atoms. The van der Waals surface area contributed by atoms with Crippen molar-refractivity contribution >= 4 is 17.3 Å². The zero-order chi connectivity index (χ0) is 22.2. The van der Waals surface area contributed by atoms with Gasteiger partial charge in [-0.2, -0.15) is 4.98 Å². The van der Waals surface area contributed by atoms with Crippen molar-refractivity contribution in [2.45, 2.75) is 38.8 Å². The molecule has 0 saturated carbocycles. The van der Waals surface area contributed by atoms with E-state index in [1.54, 1.807) is 27.1 Å². The second-order valence-corrected chi connectivity index (χ2v) is 8.49. The summed E-state index contributed by atoms with van der Waals surface area (Å²) in [5.41, 5.74) is 1.21. The summed E-state index contributed by atoms with van der Waals surface area (Å²) in [5, 5.41) is 5.00. The van der Waals surface area contributed by atoms with Gasteiger partial charge in [0.05, 0.1) is 6.26 Å². The van der Waals surface area contributed by atoms with Crippen LogP contribution >= 0.6 is 0 Å². The van der Waals surface area contributed by atoms with Crippen molar-refractivity contribution in [3.63, 3.8) is 0 Å². The number of fused-ring (bicyclic) bond motifs is 3. The fourth-order valence-corrected chi connectivity index (χ4v) is 4.74. The number of anilines is 1. The van der Waals surface area contributed by atoms with Gasteiger partial charge in [0.25, 0.3) is 0 Å². The van der Waals surface area contributed by atoms with Gasteiger partial charge < -0.3 is 9.73 Å². The maximum atomic E-state index is 13.2. The number of nitrogens with two attached hydrogens (primary N) is 1. The highest BCUT2D eigenvalue weighted by molar-refractivity contribution is 6.14. The quantitative estimate of drug-likeness (QED) is 0.510. The van der Waals surface area contributed by atoms with E-state index in [1.807, 2.05) is 12.1 Å². The standard InChI is InChI=1S/C21H31N9O2/c1-3-4-6-15-13-23-8-9-27(15)10-11-28-20-25-19-18(30(20)26(2)21(28)31)17(24-14-29(19)22)16-7-5-12-32-16/h5,7,12,15,23H,3-4,6,8-11,13-14,22H2,1-2H3. The second-order valence-electron chi connectivity index (χ2n) is 8.49. The Bertz CT molecular complexity index is 1170. The molecule has 0 aliphatic carbocycles. The van der Waals surface area contributed by atoms with E-state index in [2.05, 4.69) is 22.1 Å². The monoisotopic (exact) mass is 441 g/mol. The zero-order valence-corrected chi connectivity index (χ0v) is 18.7. The molecule has 11 heteroatoms. The Morgan fingerprint density at radius 3 is 3.00 bits per heavy atom. The van der Waals surface area contributed by atoms with E-state index < -0.39 is 0 Å². The summed E-state index contributed by atoms with van der Waals surface area (Å²) in [4.78, 5) is 25.0. The molecule has 1 saturated heterocycles. The van der Waals surface area contributed by atoms with Crippen molar-refractivity contribution in [3.05, 3.63) is 40.3 Å². The first-order valence-electron chi connectivity index (χ1n) is 11.3. The number of piperazine rings is 1. The Balaban J connectivity index is 1.49. The topological polar surface area (TPSA) is 114 Å². The summed E-state index contributed by atoms with van der Waals surface area (Å²) in [5.74, 6) is 7.97. The van der Waals surface area contributed by atoms with Crippen LogP contribution in [0.3, 0.4) is 0 Å². The number of unbranched alkanes of at least 4 members (excludes halogenated alkanes) is 1. The van der Waals surface area contributed by atoms with E-state index in [0.29, 0.717) is 41.3 Å². The van der Waals surface area contributed by atoms with Crippen molar-refractivity contribution < 1.29 is 4.42 Å². The van der Waals surface area contributed by atoms with Gasteiger partial charge in [-0.1, -0.05) is 19.8 Å². The van der Waals surface area contributed by atoms with E-state index >= 15 is 0 Å². The lowest BCUT2D eigenvalue weighted by atomic mass is 10.1. The van der Waals surface area contributed by atoms with Crippen LogP contribution in [0.15, 0.2) is 32.6 Å². The molecule has 1 atom stereocenters. The maximum absolute atomic E-state index is 13.2. The van der Waals surface area contributed by atoms with Gasteiger partial charge >= 0.3 is 5.69 Å². The first-order chi connectivity index (χ1) is 15.6. The van der Waals surface area contributed by atoms with Gasteiger partial charge in [0.15, 0.2) is 11.6 Å². The van der Waals surface area contributed by atoms with E-state index in [-0.39, 0.29) is 12.4 Å². The summed E-state index contributed by atoms with van der Waals surface area (Å²) >= 11 is 0. The number of aromatic nitrogens is 4. The first kappa shape index (κ1) is 21.0. The number of furan rings is 1. The van der Waals surface area contributed by atoms with Gasteiger partial charge in [0, 0.05) is 45.8 Å². The number of hydrogen-bond donors (Lipinski definition) is 2. The summed E-state index contributed by atoms with van der Waals surface area (Å²) < 4.78 is 10.7. The average molecular weight is 442 g/mol. The minimum absolute atomic E-state index is 0.108. The third-order valence-electron chi connectivity index (χ3n) is 6.47. The Labute approximate surface area is 186 Å². The number of imidazole rings is 1. The van der Waals surface area contributed by atoms with Crippen LogP contribution in [0.1, 0.15) is 37.6 Å². The average Bonchev–Trinajstić information content (AvgIpc) is 3.51. The van der Waals surface area contributed by atoms with Gasteiger partial charge in [-0.15, -0.1) is 0 Å². The summed E-state index contributed by atoms with van der Waals surface area (Å²) in [7, 11) is 1.75. The highest BCUT2D eigenvalue weighted by atomic mass is 16.3. The SMILES string of the molecule is CCCCC1CNCCN1CCn1c(=O)n(C)n2c3c(nc12)N(N)CN=C3c1ccco1. The lowest BCUT2D eigenvalue weighted by Crippen LogP contribution is -2.52. The Hall–Kier alpha value is -2.89. The number of hydrazine groups is 1. The molecular weight excluding hydrogens is 410 g/mol. The molecule has 2 aliphatic rings. The minimum Gasteiger partial charge on any atom is -0.463 e. The summed E-state index contributed by atoms with van der Waals surface area (Å²) in [6, 6.07) is 4.17. The Kier molecular flexibility index (Phi) is 5.62. The molecule has 2 aliphatic heterocycles. The van der Waals surface area contributed by atoms with Crippen molar-refractivity contribution in [1.29, 1.82) is 0 Å². The molecule has 3 aromatic heterocycles. The molecule has 1 unspecified atom stereocenters. The van der Waals surface area contributed by atoms with Crippen LogP contribution in [0.2, 0.25) is 0 Å². The molecule has 1 fully saturated rings. The van der Waals surface area contributed by atoms with Crippen LogP contribution < -0.4 is 21.9 Å². The van der Waals surface area contributed by atoms with E-state index in [1.165, 1.54) is 24.3 Å². The second kappa shape index (κ2) is 8.57. The minimum atomic E-state index is -0.108.